The van der Waals surface area contributed by atoms with E-state index in [-0.39, 0.29) is 35.1 Å². The first kappa shape index (κ1) is 16.0. The zero-order valence-electron chi connectivity index (χ0n) is 12.7. The number of fused-ring (bicyclic) bond motifs is 1. The van der Waals surface area contributed by atoms with Crippen molar-refractivity contribution in [3.8, 4) is 11.3 Å². The summed E-state index contributed by atoms with van der Waals surface area (Å²) in [6, 6.07) is 6.74. The normalized spacial score (nSPS) is 15.7. The maximum Gasteiger partial charge on any atom is 0.270 e. The van der Waals surface area contributed by atoms with Crippen LogP contribution >= 0.6 is 11.6 Å². The monoisotopic (exact) mass is 353 g/mol. The molecule has 1 amide bonds. The van der Waals surface area contributed by atoms with Crippen LogP contribution in [0.1, 0.15) is 24.3 Å². The second-order valence-corrected chi connectivity index (χ2v) is 8.14. The maximum absolute atomic E-state index is 12.6. The Kier molecular flexibility index (Phi) is 3.93. The lowest BCUT2D eigenvalue weighted by molar-refractivity contribution is 0.0934. The van der Waals surface area contributed by atoms with Crippen molar-refractivity contribution in [2.24, 2.45) is 0 Å². The Morgan fingerprint density at radius 2 is 1.96 bits per heavy atom. The molecule has 3 rings (SSSR count). The molecule has 1 N–H and O–H groups in total. The summed E-state index contributed by atoms with van der Waals surface area (Å²) >= 11 is 5.89. The number of rotatable bonds is 3. The van der Waals surface area contributed by atoms with Crippen molar-refractivity contribution in [3.63, 3.8) is 0 Å². The SMILES string of the molecule is CC(C)NC(=O)c1c(-c2ccc(Cl)cc2)nc2n1CCS2(=O)=O. The molecule has 0 saturated carbocycles. The largest absolute Gasteiger partial charge is 0.349 e. The van der Waals surface area contributed by atoms with Crippen molar-refractivity contribution in [1.82, 2.24) is 14.9 Å². The van der Waals surface area contributed by atoms with E-state index >= 15 is 0 Å². The lowest BCUT2D eigenvalue weighted by Crippen LogP contribution is -2.32. The maximum atomic E-state index is 12.6. The molecule has 122 valence electrons. The molecule has 1 aromatic carbocycles. The van der Waals surface area contributed by atoms with E-state index in [0.29, 0.717) is 16.3 Å². The van der Waals surface area contributed by atoms with E-state index in [9.17, 15) is 13.2 Å². The molecule has 0 unspecified atom stereocenters. The third kappa shape index (κ3) is 2.86. The highest BCUT2D eigenvalue weighted by molar-refractivity contribution is 7.91. The number of imidazole rings is 1. The van der Waals surface area contributed by atoms with Crippen molar-refractivity contribution >= 4 is 27.3 Å². The number of carbonyl (C=O) groups is 1. The average Bonchev–Trinajstić information content (AvgIpc) is 2.97. The van der Waals surface area contributed by atoms with Crippen LogP contribution in [-0.4, -0.2) is 35.7 Å². The highest BCUT2D eigenvalue weighted by Gasteiger charge is 2.35. The molecule has 0 bridgehead atoms. The predicted octanol–water partition coefficient (Wildman–Crippen LogP) is 2.13. The van der Waals surface area contributed by atoms with Crippen molar-refractivity contribution in [1.29, 1.82) is 0 Å². The van der Waals surface area contributed by atoms with Crippen LogP contribution < -0.4 is 5.32 Å². The minimum absolute atomic E-state index is 0.0296. The van der Waals surface area contributed by atoms with E-state index in [1.165, 1.54) is 4.57 Å². The highest BCUT2D eigenvalue weighted by atomic mass is 35.5. The molecule has 0 saturated heterocycles. The molecule has 0 fully saturated rings. The Morgan fingerprint density at radius 1 is 1.30 bits per heavy atom. The highest BCUT2D eigenvalue weighted by Crippen LogP contribution is 2.30. The van der Waals surface area contributed by atoms with Gasteiger partial charge in [-0.15, -0.1) is 0 Å². The van der Waals surface area contributed by atoms with E-state index in [0.717, 1.165) is 0 Å². The van der Waals surface area contributed by atoms with Crippen LogP contribution in [-0.2, 0) is 16.4 Å². The van der Waals surface area contributed by atoms with Gasteiger partial charge >= 0.3 is 0 Å². The van der Waals surface area contributed by atoms with Crippen LogP contribution in [0.15, 0.2) is 29.4 Å². The first-order valence-corrected chi connectivity index (χ1v) is 9.22. The number of sulfone groups is 1. The third-order valence-corrected chi connectivity index (χ3v) is 5.39. The molecule has 1 aliphatic rings. The second-order valence-electron chi connectivity index (χ2n) is 5.70. The van der Waals surface area contributed by atoms with E-state index < -0.39 is 9.84 Å². The Hall–Kier alpha value is -1.86. The van der Waals surface area contributed by atoms with Gasteiger partial charge in [0.25, 0.3) is 5.91 Å². The Morgan fingerprint density at radius 3 is 2.57 bits per heavy atom. The van der Waals surface area contributed by atoms with Crippen molar-refractivity contribution in [2.45, 2.75) is 31.6 Å². The fraction of sp³-hybridized carbons (Fsp3) is 0.333. The van der Waals surface area contributed by atoms with Crippen LogP contribution in [0.2, 0.25) is 5.02 Å². The van der Waals surface area contributed by atoms with Gasteiger partial charge in [0.05, 0.1) is 5.75 Å². The molecule has 0 aliphatic carbocycles. The number of hydrogen-bond acceptors (Lipinski definition) is 4. The van der Waals surface area contributed by atoms with Gasteiger partial charge in [-0.3, -0.25) is 4.79 Å². The second kappa shape index (κ2) is 5.65. The summed E-state index contributed by atoms with van der Waals surface area (Å²) in [6.45, 7) is 3.93. The average molecular weight is 354 g/mol. The van der Waals surface area contributed by atoms with Crippen LogP contribution in [0.25, 0.3) is 11.3 Å². The number of amides is 1. The fourth-order valence-electron chi connectivity index (χ4n) is 2.55. The molecule has 23 heavy (non-hydrogen) atoms. The van der Waals surface area contributed by atoms with Gasteiger partial charge in [0, 0.05) is 23.2 Å². The summed E-state index contributed by atoms with van der Waals surface area (Å²) in [4.78, 5) is 16.8. The Labute approximate surface area is 139 Å². The molecule has 1 aromatic heterocycles. The number of hydrogen-bond donors (Lipinski definition) is 1. The predicted molar refractivity (Wildman–Crippen MR) is 87.3 cm³/mol. The first-order valence-electron chi connectivity index (χ1n) is 7.19. The number of nitrogens with one attached hydrogen (secondary N) is 1. The van der Waals surface area contributed by atoms with Gasteiger partial charge in [-0.05, 0) is 26.0 Å². The summed E-state index contributed by atoms with van der Waals surface area (Å²) in [5.41, 5.74) is 1.29. The zero-order chi connectivity index (χ0) is 16.8. The molecule has 8 heteroatoms. The summed E-state index contributed by atoms with van der Waals surface area (Å²) in [6.07, 6.45) is 0. The zero-order valence-corrected chi connectivity index (χ0v) is 14.3. The van der Waals surface area contributed by atoms with Gasteiger partial charge in [-0.2, -0.15) is 0 Å². The standard InChI is InChI=1S/C15H16ClN3O3S/c1-9(2)17-14(20)13-12(10-3-5-11(16)6-4-10)18-15-19(13)7-8-23(15,21)22/h3-6,9H,7-8H2,1-2H3,(H,17,20). The summed E-state index contributed by atoms with van der Waals surface area (Å²) in [5, 5.41) is 3.31. The van der Waals surface area contributed by atoms with Crippen molar-refractivity contribution in [3.05, 3.63) is 35.0 Å². The minimum Gasteiger partial charge on any atom is -0.349 e. The third-order valence-electron chi connectivity index (χ3n) is 3.55. The van der Waals surface area contributed by atoms with Gasteiger partial charge in [-0.1, -0.05) is 23.7 Å². The molecular formula is C15H16ClN3O3S. The molecule has 2 aromatic rings. The van der Waals surface area contributed by atoms with E-state index in [1.54, 1.807) is 24.3 Å². The number of aromatic nitrogens is 2. The fourth-order valence-corrected chi connectivity index (χ4v) is 4.03. The molecule has 0 spiro atoms. The Bertz CT molecular complexity index is 870. The van der Waals surface area contributed by atoms with Crippen molar-refractivity contribution in [2.75, 3.05) is 5.75 Å². The molecule has 0 atom stereocenters. The number of carbonyl (C=O) groups excluding carboxylic acids is 1. The van der Waals surface area contributed by atoms with Gasteiger partial charge in [-0.25, -0.2) is 13.4 Å². The topological polar surface area (TPSA) is 81.1 Å². The van der Waals surface area contributed by atoms with Gasteiger partial charge < -0.3 is 9.88 Å². The molecule has 6 nitrogen and oxygen atoms in total. The quantitative estimate of drug-likeness (QED) is 0.916. The molecule has 0 radical (unpaired) electrons. The lowest BCUT2D eigenvalue weighted by Gasteiger charge is -2.11. The molecule has 2 heterocycles. The van der Waals surface area contributed by atoms with Gasteiger partial charge in [0.15, 0.2) is 0 Å². The summed E-state index contributed by atoms with van der Waals surface area (Å²) in [5.74, 6) is -0.362. The van der Waals surface area contributed by atoms with Crippen molar-refractivity contribution < 1.29 is 13.2 Å². The number of benzene rings is 1. The first-order chi connectivity index (χ1) is 10.8. The van der Waals surface area contributed by atoms with Crippen LogP contribution in [0.3, 0.4) is 0 Å². The van der Waals surface area contributed by atoms with Crippen LogP contribution in [0, 0.1) is 0 Å². The van der Waals surface area contributed by atoms with Crippen LogP contribution in [0.5, 0.6) is 0 Å². The number of halogens is 1. The molecule has 1 aliphatic heterocycles. The van der Waals surface area contributed by atoms with E-state index in [1.807, 2.05) is 13.8 Å². The Balaban J connectivity index is 2.19. The van der Waals surface area contributed by atoms with Gasteiger partial charge in [0.2, 0.25) is 15.0 Å². The van der Waals surface area contributed by atoms with E-state index in [4.69, 9.17) is 11.6 Å². The number of nitrogens with zero attached hydrogens (tertiary/aromatic N) is 2. The minimum atomic E-state index is -3.44. The smallest absolute Gasteiger partial charge is 0.270 e. The molecular weight excluding hydrogens is 338 g/mol. The van der Waals surface area contributed by atoms with Gasteiger partial charge in [0.1, 0.15) is 11.4 Å². The van der Waals surface area contributed by atoms with E-state index in [2.05, 4.69) is 10.3 Å². The summed E-state index contributed by atoms with van der Waals surface area (Å²) in [7, 11) is -3.44. The van der Waals surface area contributed by atoms with Crippen LogP contribution in [0.4, 0.5) is 0 Å². The summed E-state index contributed by atoms with van der Waals surface area (Å²) < 4.78 is 25.7. The lowest BCUT2D eigenvalue weighted by atomic mass is 10.1.